The molecule has 128 valence electrons. The summed E-state index contributed by atoms with van der Waals surface area (Å²) in [5.74, 6) is 0.581. The number of benzene rings is 1. The van der Waals surface area contributed by atoms with E-state index in [1.54, 1.807) is 0 Å². The van der Waals surface area contributed by atoms with Gasteiger partial charge in [-0.3, -0.25) is 0 Å². The number of unbranched alkanes of at least 4 members (excludes halogenated alkanes) is 8. The zero-order valence-corrected chi connectivity index (χ0v) is 15.4. The van der Waals surface area contributed by atoms with Gasteiger partial charge in [0.05, 0.1) is 0 Å². The van der Waals surface area contributed by atoms with Gasteiger partial charge in [-0.25, -0.2) is 0 Å². The first-order valence-corrected chi connectivity index (χ1v) is 9.06. The highest BCUT2D eigenvalue weighted by atomic mass is 35.5. The van der Waals surface area contributed by atoms with E-state index < -0.39 is 0 Å². The van der Waals surface area contributed by atoms with E-state index in [1.165, 1.54) is 69.8 Å². The predicted molar refractivity (Wildman–Crippen MR) is 102 cm³/mol. The maximum absolute atomic E-state index is 6.35. The Morgan fingerprint density at radius 2 is 1.32 bits per heavy atom. The Morgan fingerprint density at radius 3 is 1.86 bits per heavy atom. The van der Waals surface area contributed by atoms with Crippen molar-refractivity contribution in [3.05, 3.63) is 35.9 Å². The van der Waals surface area contributed by atoms with Crippen molar-refractivity contribution in [2.24, 2.45) is 11.7 Å². The van der Waals surface area contributed by atoms with Crippen LogP contribution in [0.3, 0.4) is 0 Å². The molecule has 2 atom stereocenters. The Labute approximate surface area is 144 Å². The number of nitrogens with two attached hydrogens (primary N) is 1. The SMILES string of the molecule is CCCCCCCCCCCC(C)C(N)c1ccccc1.Cl. The van der Waals surface area contributed by atoms with Crippen LogP contribution in [0.5, 0.6) is 0 Å². The van der Waals surface area contributed by atoms with Gasteiger partial charge < -0.3 is 5.73 Å². The first-order valence-electron chi connectivity index (χ1n) is 9.06. The van der Waals surface area contributed by atoms with Crippen molar-refractivity contribution >= 4 is 12.4 Å². The standard InChI is InChI=1S/C20H35N.ClH/c1-3-4-5-6-7-8-9-10-12-15-18(2)20(21)19-16-13-11-14-17-19;/h11,13-14,16-18,20H,3-10,12,15,21H2,1-2H3;1H. The maximum Gasteiger partial charge on any atom is 0.0320 e. The lowest BCUT2D eigenvalue weighted by Crippen LogP contribution is -2.18. The normalized spacial score (nSPS) is 13.4. The van der Waals surface area contributed by atoms with Gasteiger partial charge in [-0.15, -0.1) is 12.4 Å². The molecule has 0 saturated carbocycles. The van der Waals surface area contributed by atoms with Gasteiger partial charge in [0.1, 0.15) is 0 Å². The molecular formula is C20H36ClN. The van der Waals surface area contributed by atoms with E-state index >= 15 is 0 Å². The molecule has 0 aliphatic rings. The van der Waals surface area contributed by atoms with Crippen LogP contribution >= 0.6 is 12.4 Å². The van der Waals surface area contributed by atoms with Crippen LogP contribution in [-0.2, 0) is 0 Å². The highest BCUT2D eigenvalue weighted by Gasteiger charge is 2.13. The minimum Gasteiger partial charge on any atom is -0.324 e. The van der Waals surface area contributed by atoms with Crippen LogP contribution in [0, 0.1) is 5.92 Å². The van der Waals surface area contributed by atoms with Gasteiger partial charge >= 0.3 is 0 Å². The molecule has 1 aromatic rings. The van der Waals surface area contributed by atoms with Gasteiger partial charge in [0.15, 0.2) is 0 Å². The van der Waals surface area contributed by atoms with E-state index in [2.05, 4.69) is 44.2 Å². The second kappa shape index (κ2) is 14.1. The van der Waals surface area contributed by atoms with Crippen LogP contribution in [0.2, 0.25) is 0 Å². The van der Waals surface area contributed by atoms with Crippen molar-refractivity contribution in [1.29, 1.82) is 0 Å². The van der Waals surface area contributed by atoms with Gasteiger partial charge in [-0.2, -0.15) is 0 Å². The summed E-state index contributed by atoms with van der Waals surface area (Å²) in [6.45, 7) is 4.57. The van der Waals surface area contributed by atoms with Gasteiger partial charge in [0.25, 0.3) is 0 Å². The second-order valence-electron chi connectivity index (χ2n) is 6.53. The lowest BCUT2D eigenvalue weighted by atomic mass is 9.90. The predicted octanol–water partition coefficient (Wildman–Crippen LogP) is 6.67. The van der Waals surface area contributed by atoms with Crippen LogP contribution < -0.4 is 5.73 Å². The quantitative estimate of drug-likeness (QED) is 0.427. The Kier molecular flexibility index (Phi) is 13.7. The van der Waals surface area contributed by atoms with Gasteiger partial charge in [0.2, 0.25) is 0 Å². The molecule has 0 radical (unpaired) electrons. The Hall–Kier alpha value is -0.530. The molecule has 0 aromatic heterocycles. The summed E-state index contributed by atoms with van der Waals surface area (Å²) < 4.78 is 0. The summed E-state index contributed by atoms with van der Waals surface area (Å²) in [6.07, 6.45) is 13.8. The summed E-state index contributed by atoms with van der Waals surface area (Å²) in [4.78, 5) is 0. The fourth-order valence-electron chi connectivity index (χ4n) is 2.96. The van der Waals surface area contributed by atoms with E-state index in [0.29, 0.717) is 5.92 Å². The van der Waals surface area contributed by atoms with E-state index in [0.717, 1.165) is 0 Å². The summed E-state index contributed by atoms with van der Waals surface area (Å²) in [5, 5.41) is 0. The lowest BCUT2D eigenvalue weighted by molar-refractivity contribution is 0.413. The van der Waals surface area contributed by atoms with Crippen LogP contribution in [0.15, 0.2) is 30.3 Å². The third-order valence-electron chi connectivity index (χ3n) is 4.56. The number of rotatable bonds is 12. The molecular weight excluding hydrogens is 290 g/mol. The first kappa shape index (κ1) is 21.5. The average molecular weight is 326 g/mol. The van der Waals surface area contributed by atoms with Crippen molar-refractivity contribution < 1.29 is 0 Å². The van der Waals surface area contributed by atoms with Crippen molar-refractivity contribution in [2.75, 3.05) is 0 Å². The monoisotopic (exact) mass is 325 g/mol. The molecule has 2 N–H and O–H groups in total. The zero-order chi connectivity index (χ0) is 15.3. The molecule has 0 aliphatic heterocycles. The number of hydrogen-bond donors (Lipinski definition) is 1. The fraction of sp³-hybridized carbons (Fsp3) is 0.700. The number of hydrogen-bond acceptors (Lipinski definition) is 1. The average Bonchev–Trinajstić information content (AvgIpc) is 2.53. The van der Waals surface area contributed by atoms with E-state index in [1.807, 2.05) is 0 Å². The third kappa shape index (κ3) is 9.48. The Bertz CT molecular complexity index is 339. The van der Waals surface area contributed by atoms with Crippen molar-refractivity contribution in [3.63, 3.8) is 0 Å². The molecule has 1 aromatic carbocycles. The van der Waals surface area contributed by atoms with Crippen molar-refractivity contribution in [3.8, 4) is 0 Å². The molecule has 2 heteroatoms. The molecule has 2 unspecified atom stereocenters. The summed E-state index contributed by atoms with van der Waals surface area (Å²) >= 11 is 0. The van der Waals surface area contributed by atoms with Crippen LogP contribution in [0.4, 0.5) is 0 Å². The number of halogens is 1. The molecule has 0 amide bonds. The van der Waals surface area contributed by atoms with Gasteiger partial charge in [-0.05, 0) is 17.9 Å². The highest BCUT2D eigenvalue weighted by molar-refractivity contribution is 5.85. The lowest BCUT2D eigenvalue weighted by Gasteiger charge is -2.20. The van der Waals surface area contributed by atoms with Gasteiger partial charge in [-0.1, -0.05) is 102 Å². The third-order valence-corrected chi connectivity index (χ3v) is 4.56. The van der Waals surface area contributed by atoms with Crippen LogP contribution in [0.25, 0.3) is 0 Å². The molecule has 0 saturated heterocycles. The minimum absolute atomic E-state index is 0. The summed E-state index contributed by atoms with van der Waals surface area (Å²) in [7, 11) is 0. The molecule has 0 spiro atoms. The van der Waals surface area contributed by atoms with Crippen molar-refractivity contribution in [2.45, 2.75) is 84.1 Å². The van der Waals surface area contributed by atoms with Crippen LogP contribution in [-0.4, -0.2) is 0 Å². The van der Waals surface area contributed by atoms with Gasteiger partial charge in [0, 0.05) is 6.04 Å². The van der Waals surface area contributed by atoms with Crippen LogP contribution in [0.1, 0.15) is 89.7 Å². The largest absolute Gasteiger partial charge is 0.324 e. The van der Waals surface area contributed by atoms with E-state index in [4.69, 9.17) is 5.73 Å². The highest BCUT2D eigenvalue weighted by Crippen LogP contribution is 2.24. The molecule has 0 bridgehead atoms. The molecule has 1 nitrogen and oxygen atoms in total. The Balaban J connectivity index is 0.00000441. The summed E-state index contributed by atoms with van der Waals surface area (Å²) in [6, 6.07) is 10.7. The zero-order valence-electron chi connectivity index (χ0n) is 14.6. The molecule has 0 fully saturated rings. The molecule has 0 aliphatic carbocycles. The second-order valence-corrected chi connectivity index (χ2v) is 6.53. The minimum atomic E-state index is 0. The first-order chi connectivity index (χ1) is 10.3. The fourth-order valence-corrected chi connectivity index (χ4v) is 2.96. The molecule has 0 heterocycles. The smallest absolute Gasteiger partial charge is 0.0320 e. The summed E-state index contributed by atoms with van der Waals surface area (Å²) in [5.41, 5.74) is 7.63. The molecule has 1 rings (SSSR count). The van der Waals surface area contributed by atoms with Crippen molar-refractivity contribution in [1.82, 2.24) is 0 Å². The van der Waals surface area contributed by atoms with E-state index in [9.17, 15) is 0 Å². The Morgan fingerprint density at radius 1 is 0.818 bits per heavy atom. The molecule has 22 heavy (non-hydrogen) atoms. The van der Waals surface area contributed by atoms with E-state index in [-0.39, 0.29) is 18.4 Å². The topological polar surface area (TPSA) is 26.0 Å². The maximum atomic E-state index is 6.35.